The maximum atomic E-state index is 12.6. The average molecular weight is 350 g/mol. The summed E-state index contributed by atoms with van der Waals surface area (Å²) in [6.45, 7) is 3.85. The van der Waals surface area contributed by atoms with Crippen molar-refractivity contribution in [3.8, 4) is 0 Å². The molecule has 0 unspecified atom stereocenters. The van der Waals surface area contributed by atoms with Crippen molar-refractivity contribution < 1.29 is 9.90 Å². The summed E-state index contributed by atoms with van der Waals surface area (Å²) >= 11 is 0. The predicted octanol–water partition coefficient (Wildman–Crippen LogP) is 2.91. The molecule has 1 amide bonds. The number of anilines is 1. The number of benzene rings is 2. The van der Waals surface area contributed by atoms with Crippen molar-refractivity contribution in [1.29, 1.82) is 0 Å². The molecular formula is C20H22N4O2. The molecule has 3 rings (SSSR count). The molecule has 6 heteroatoms. The summed E-state index contributed by atoms with van der Waals surface area (Å²) in [5.74, 6) is 0.273. The van der Waals surface area contributed by atoms with Gasteiger partial charge in [0.1, 0.15) is 0 Å². The minimum absolute atomic E-state index is 0.173. The lowest BCUT2D eigenvalue weighted by molar-refractivity contribution is 0.0916. The van der Waals surface area contributed by atoms with Crippen LogP contribution in [0.15, 0.2) is 54.7 Å². The molecule has 3 N–H and O–H groups in total. The first-order chi connectivity index (χ1) is 12.6. The number of aliphatic hydroxyl groups excluding tert-OH is 1. The highest BCUT2D eigenvalue weighted by Crippen LogP contribution is 2.17. The van der Waals surface area contributed by atoms with Crippen molar-refractivity contribution in [2.24, 2.45) is 0 Å². The molecule has 0 radical (unpaired) electrons. The Hall–Kier alpha value is -2.99. The van der Waals surface area contributed by atoms with E-state index in [2.05, 4.69) is 20.6 Å². The fourth-order valence-electron chi connectivity index (χ4n) is 2.65. The normalized spacial score (nSPS) is 12.2. The number of fused-ring (bicyclic) bond motifs is 1. The van der Waals surface area contributed by atoms with E-state index in [0.717, 1.165) is 10.9 Å². The van der Waals surface area contributed by atoms with E-state index in [1.807, 2.05) is 50.2 Å². The molecule has 0 spiro atoms. The molecule has 0 aliphatic carbocycles. The van der Waals surface area contributed by atoms with Gasteiger partial charge in [-0.15, -0.1) is 0 Å². The Bertz CT molecular complexity index is 897. The van der Waals surface area contributed by atoms with Crippen LogP contribution in [0, 0.1) is 0 Å². The molecule has 0 aliphatic heterocycles. The zero-order valence-corrected chi connectivity index (χ0v) is 14.8. The zero-order valence-electron chi connectivity index (χ0n) is 14.8. The minimum Gasteiger partial charge on any atom is -0.394 e. The number of hydrogen-bond acceptors (Lipinski definition) is 5. The fraction of sp³-hybridized carbons (Fsp3) is 0.250. The summed E-state index contributed by atoms with van der Waals surface area (Å²) in [6.07, 6.45) is 1.73. The second kappa shape index (κ2) is 7.93. The van der Waals surface area contributed by atoms with Crippen molar-refractivity contribution in [3.63, 3.8) is 0 Å². The molecule has 3 aromatic rings. The van der Waals surface area contributed by atoms with Gasteiger partial charge in [-0.3, -0.25) is 4.79 Å². The SMILES string of the molecule is CC(C)Nc1ncc2ccc(C(=O)N[C@H](CO)c3ccccc3)cc2n1. The smallest absolute Gasteiger partial charge is 0.251 e. The third kappa shape index (κ3) is 4.15. The summed E-state index contributed by atoms with van der Waals surface area (Å²) < 4.78 is 0. The van der Waals surface area contributed by atoms with Crippen molar-refractivity contribution in [2.75, 3.05) is 11.9 Å². The number of rotatable bonds is 6. The number of aromatic nitrogens is 2. The van der Waals surface area contributed by atoms with Crippen LogP contribution < -0.4 is 10.6 Å². The number of nitrogens with zero attached hydrogens (tertiary/aromatic N) is 2. The van der Waals surface area contributed by atoms with Gasteiger partial charge in [0.05, 0.1) is 18.2 Å². The molecule has 0 bridgehead atoms. The van der Waals surface area contributed by atoms with E-state index >= 15 is 0 Å². The van der Waals surface area contributed by atoms with Crippen LogP contribution in [-0.2, 0) is 0 Å². The molecule has 0 fully saturated rings. The van der Waals surface area contributed by atoms with Gasteiger partial charge in [0.25, 0.3) is 5.91 Å². The molecule has 1 aromatic heterocycles. The Morgan fingerprint density at radius 1 is 1.15 bits per heavy atom. The van der Waals surface area contributed by atoms with Crippen LogP contribution in [-0.4, -0.2) is 33.6 Å². The van der Waals surface area contributed by atoms with E-state index < -0.39 is 6.04 Å². The molecule has 1 heterocycles. The largest absolute Gasteiger partial charge is 0.394 e. The van der Waals surface area contributed by atoms with Crippen molar-refractivity contribution in [3.05, 3.63) is 65.9 Å². The van der Waals surface area contributed by atoms with Gasteiger partial charge >= 0.3 is 0 Å². The van der Waals surface area contributed by atoms with E-state index in [-0.39, 0.29) is 18.6 Å². The number of carbonyl (C=O) groups is 1. The van der Waals surface area contributed by atoms with Crippen molar-refractivity contribution in [1.82, 2.24) is 15.3 Å². The molecular weight excluding hydrogens is 328 g/mol. The topological polar surface area (TPSA) is 87.1 Å². The second-order valence-corrected chi connectivity index (χ2v) is 6.39. The predicted molar refractivity (Wildman–Crippen MR) is 102 cm³/mol. The van der Waals surface area contributed by atoms with Gasteiger partial charge in [-0.25, -0.2) is 9.97 Å². The first-order valence-electron chi connectivity index (χ1n) is 8.57. The lowest BCUT2D eigenvalue weighted by Gasteiger charge is -2.17. The summed E-state index contributed by atoms with van der Waals surface area (Å²) in [7, 11) is 0. The van der Waals surface area contributed by atoms with Gasteiger partial charge in [-0.2, -0.15) is 0 Å². The number of aliphatic hydroxyl groups is 1. The number of hydrogen-bond donors (Lipinski definition) is 3. The fourth-order valence-corrected chi connectivity index (χ4v) is 2.65. The molecule has 1 atom stereocenters. The van der Waals surface area contributed by atoms with E-state index in [1.165, 1.54) is 0 Å². The van der Waals surface area contributed by atoms with Crippen LogP contribution in [0.3, 0.4) is 0 Å². The number of amides is 1. The third-order valence-corrected chi connectivity index (χ3v) is 3.95. The monoisotopic (exact) mass is 350 g/mol. The highest BCUT2D eigenvalue weighted by molar-refractivity contribution is 5.98. The molecule has 134 valence electrons. The van der Waals surface area contributed by atoms with E-state index in [9.17, 15) is 9.90 Å². The first-order valence-corrected chi connectivity index (χ1v) is 8.57. The summed E-state index contributed by atoms with van der Waals surface area (Å²) in [5, 5.41) is 16.5. The highest BCUT2D eigenvalue weighted by Gasteiger charge is 2.15. The zero-order chi connectivity index (χ0) is 18.5. The molecule has 2 aromatic carbocycles. The average Bonchev–Trinajstić information content (AvgIpc) is 2.65. The van der Waals surface area contributed by atoms with Crippen LogP contribution in [0.1, 0.15) is 35.8 Å². The molecule has 0 saturated carbocycles. The van der Waals surface area contributed by atoms with E-state index in [1.54, 1.807) is 18.3 Å². The Labute approximate surface area is 152 Å². The van der Waals surface area contributed by atoms with E-state index in [0.29, 0.717) is 17.0 Å². The second-order valence-electron chi connectivity index (χ2n) is 6.39. The molecule has 0 saturated heterocycles. The van der Waals surface area contributed by atoms with Gasteiger partial charge < -0.3 is 15.7 Å². The van der Waals surface area contributed by atoms with Gasteiger partial charge in [0.2, 0.25) is 5.95 Å². The lowest BCUT2D eigenvalue weighted by Crippen LogP contribution is -2.30. The Kier molecular flexibility index (Phi) is 5.43. The molecule has 0 aliphatic rings. The Morgan fingerprint density at radius 2 is 1.92 bits per heavy atom. The summed E-state index contributed by atoms with van der Waals surface area (Å²) in [5.41, 5.74) is 2.03. The quantitative estimate of drug-likeness (QED) is 0.636. The lowest BCUT2D eigenvalue weighted by atomic mass is 10.1. The van der Waals surface area contributed by atoms with Crippen LogP contribution in [0.25, 0.3) is 10.9 Å². The maximum Gasteiger partial charge on any atom is 0.251 e. The third-order valence-electron chi connectivity index (χ3n) is 3.95. The highest BCUT2D eigenvalue weighted by atomic mass is 16.3. The first kappa shape index (κ1) is 17.8. The maximum absolute atomic E-state index is 12.6. The molecule has 26 heavy (non-hydrogen) atoms. The van der Waals surface area contributed by atoms with Crippen molar-refractivity contribution in [2.45, 2.75) is 25.9 Å². The number of nitrogens with one attached hydrogen (secondary N) is 2. The Morgan fingerprint density at radius 3 is 2.62 bits per heavy atom. The van der Waals surface area contributed by atoms with Gasteiger partial charge in [0, 0.05) is 23.2 Å². The Balaban J connectivity index is 1.83. The van der Waals surface area contributed by atoms with Gasteiger partial charge in [-0.1, -0.05) is 36.4 Å². The van der Waals surface area contributed by atoms with E-state index in [4.69, 9.17) is 0 Å². The van der Waals surface area contributed by atoms with Crippen molar-refractivity contribution >= 4 is 22.8 Å². The van der Waals surface area contributed by atoms with Crippen LogP contribution >= 0.6 is 0 Å². The van der Waals surface area contributed by atoms with Gasteiger partial charge in [0.15, 0.2) is 0 Å². The summed E-state index contributed by atoms with van der Waals surface area (Å²) in [6, 6.07) is 14.4. The summed E-state index contributed by atoms with van der Waals surface area (Å²) in [4.78, 5) is 21.3. The number of carbonyl (C=O) groups excluding carboxylic acids is 1. The van der Waals surface area contributed by atoms with Crippen LogP contribution in [0.4, 0.5) is 5.95 Å². The van der Waals surface area contributed by atoms with Crippen LogP contribution in [0.5, 0.6) is 0 Å². The van der Waals surface area contributed by atoms with Gasteiger partial charge in [-0.05, 0) is 31.5 Å². The standard InChI is InChI=1S/C20H22N4O2/c1-13(2)22-20-21-11-16-9-8-15(10-17(16)24-20)19(26)23-18(12-25)14-6-4-3-5-7-14/h3-11,13,18,25H,12H2,1-2H3,(H,23,26)(H,21,22,24)/t18-/m1/s1. The minimum atomic E-state index is -0.456. The molecule has 6 nitrogen and oxygen atoms in total. The van der Waals surface area contributed by atoms with Crippen LogP contribution in [0.2, 0.25) is 0 Å².